The van der Waals surface area contributed by atoms with Gasteiger partial charge in [-0.1, -0.05) is 23.7 Å². The van der Waals surface area contributed by atoms with Crippen LogP contribution in [0.5, 0.6) is 0 Å². The molecule has 0 N–H and O–H groups in total. The molecular formula is C12H17ClO2S. The summed E-state index contributed by atoms with van der Waals surface area (Å²) in [5.41, 5.74) is 1.24. The second-order valence-electron chi connectivity index (χ2n) is 3.57. The van der Waals surface area contributed by atoms with Crippen molar-refractivity contribution >= 4 is 22.4 Å². The molecule has 0 saturated carbocycles. The zero-order valence-electron chi connectivity index (χ0n) is 9.45. The molecule has 0 aromatic heterocycles. The minimum atomic E-state index is -0.749. The van der Waals surface area contributed by atoms with Gasteiger partial charge in [0.15, 0.2) is 0 Å². The molecule has 4 heteroatoms. The van der Waals surface area contributed by atoms with Crippen LogP contribution in [0, 0.1) is 0 Å². The zero-order chi connectivity index (χ0) is 11.8. The molecule has 0 unspecified atom stereocenters. The van der Waals surface area contributed by atoms with Crippen molar-refractivity contribution < 1.29 is 8.95 Å². The standard InChI is InChI=1S/C12H17ClO2S/c1-15-8-10-16(14)9-2-3-11-4-6-12(13)7-5-11/h4-7H,2-3,8-10H2,1H3/t16-/m1/s1. The minimum absolute atomic E-state index is 0.577. The van der Waals surface area contributed by atoms with E-state index in [9.17, 15) is 4.21 Å². The Morgan fingerprint density at radius 3 is 2.56 bits per heavy atom. The zero-order valence-corrected chi connectivity index (χ0v) is 11.0. The number of methoxy groups -OCH3 is 1. The highest BCUT2D eigenvalue weighted by Crippen LogP contribution is 2.11. The molecule has 16 heavy (non-hydrogen) atoms. The number of halogens is 1. The summed E-state index contributed by atoms with van der Waals surface area (Å²) >= 11 is 5.79. The van der Waals surface area contributed by atoms with Crippen LogP contribution >= 0.6 is 11.6 Å². The van der Waals surface area contributed by atoms with Gasteiger partial charge in [-0.05, 0) is 30.5 Å². The smallest absolute Gasteiger partial charge is 0.0577 e. The Morgan fingerprint density at radius 1 is 1.25 bits per heavy atom. The van der Waals surface area contributed by atoms with Crippen molar-refractivity contribution in [2.75, 3.05) is 25.2 Å². The van der Waals surface area contributed by atoms with E-state index < -0.39 is 10.8 Å². The summed E-state index contributed by atoms with van der Waals surface area (Å²) in [6.07, 6.45) is 1.90. The fraction of sp³-hybridized carbons (Fsp3) is 0.500. The third-order valence-corrected chi connectivity index (χ3v) is 3.88. The van der Waals surface area contributed by atoms with Crippen molar-refractivity contribution in [3.05, 3.63) is 34.9 Å². The van der Waals surface area contributed by atoms with Crippen LogP contribution in [-0.2, 0) is 22.0 Å². The van der Waals surface area contributed by atoms with Gasteiger partial charge in [-0.2, -0.15) is 0 Å². The molecule has 90 valence electrons. The largest absolute Gasteiger partial charge is 0.384 e. The normalized spacial score (nSPS) is 12.6. The molecule has 0 fully saturated rings. The highest BCUT2D eigenvalue weighted by atomic mass is 35.5. The lowest BCUT2D eigenvalue weighted by Crippen LogP contribution is -2.08. The Balaban J connectivity index is 2.20. The van der Waals surface area contributed by atoms with E-state index in [1.807, 2.05) is 24.3 Å². The molecule has 1 aromatic carbocycles. The third-order valence-electron chi connectivity index (χ3n) is 2.27. The van der Waals surface area contributed by atoms with Gasteiger partial charge in [-0.25, -0.2) is 0 Å². The Bertz CT molecular complexity index is 324. The monoisotopic (exact) mass is 260 g/mol. The van der Waals surface area contributed by atoms with Crippen LogP contribution in [0.2, 0.25) is 5.02 Å². The lowest BCUT2D eigenvalue weighted by molar-refractivity contribution is 0.218. The first kappa shape index (κ1) is 13.7. The summed E-state index contributed by atoms with van der Waals surface area (Å²) in [7, 11) is 0.881. The molecule has 0 saturated heterocycles. The van der Waals surface area contributed by atoms with Crippen molar-refractivity contribution in [1.29, 1.82) is 0 Å². The first-order valence-corrected chi connectivity index (χ1v) is 7.17. The highest BCUT2D eigenvalue weighted by Gasteiger charge is 2.00. The van der Waals surface area contributed by atoms with Crippen molar-refractivity contribution in [2.45, 2.75) is 12.8 Å². The molecule has 1 aromatic rings. The summed E-state index contributed by atoms with van der Waals surface area (Å²) in [6, 6.07) is 7.80. The van der Waals surface area contributed by atoms with Gasteiger partial charge >= 0.3 is 0 Å². The molecule has 1 rings (SSSR count). The fourth-order valence-electron chi connectivity index (χ4n) is 1.37. The van der Waals surface area contributed by atoms with Crippen LogP contribution in [0.1, 0.15) is 12.0 Å². The predicted molar refractivity (Wildman–Crippen MR) is 69.5 cm³/mol. The molecule has 0 amide bonds. The molecule has 0 aliphatic carbocycles. The van der Waals surface area contributed by atoms with E-state index in [-0.39, 0.29) is 0 Å². The highest BCUT2D eigenvalue weighted by molar-refractivity contribution is 7.84. The van der Waals surface area contributed by atoms with Crippen LogP contribution in [0.4, 0.5) is 0 Å². The van der Waals surface area contributed by atoms with Crippen LogP contribution in [0.3, 0.4) is 0 Å². The first-order valence-electron chi connectivity index (χ1n) is 5.30. The van der Waals surface area contributed by atoms with Crippen molar-refractivity contribution in [3.63, 3.8) is 0 Å². The van der Waals surface area contributed by atoms with E-state index in [1.165, 1.54) is 5.56 Å². The van der Waals surface area contributed by atoms with E-state index in [4.69, 9.17) is 16.3 Å². The van der Waals surface area contributed by atoms with E-state index in [0.717, 1.165) is 23.6 Å². The van der Waals surface area contributed by atoms with Gasteiger partial charge in [-0.3, -0.25) is 4.21 Å². The Kier molecular flexibility index (Phi) is 6.69. The van der Waals surface area contributed by atoms with Gasteiger partial charge < -0.3 is 4.74 Å². The van der Waals surface area contributed by atoms with E-state index in [2.05, 4.69) is 0 Å². The van der Waals surface area contributed by atoms with Gasteiger partial charge in [0.25, 0.3) is 0 Å². The number of hydrogen-bond acceptors (Lipinski definition) is 2. The molecule has 2 nitrogen and oxygen atoms in total. The summed E-state index contributed by atoms with van der Waals surface area (Å²) in [4.78, 5) is 0. The SMILES string of the molecule is COCC[S@](=O)CCCc1ccc(Cl)cc1. The number of hydrogen-bond donors (Lipinski definition) is 0. The lowest BCUT2D eigenvalue weighted by Gasteiger charge is -2.02. The molecular weight excluding hydrogens is 244 g/mol. The average Bonchev–Trinajstić information content (AvgIpc) is 2.29. The molecule has 1 atom stereocenters. The van der Waals surface area contributed by atoms with Gasteiger partial charge in [0.2, 0.25) is 0 Å². The maximum atomic E-state index is 11.5. The van der Waals surface area contributed by atoms with Crippen LogP contribution in [0.15, 0.2) is 24.3 Å². The van der Waals surface area contributed by atoms with Crippen LogP contribution < -0.4 is 0 Å². The number of rotatable bonds is 7. The minimum Gasteiger partial charge on any atom is -0.384 e. The van der Waals surface area contributed by atoms with Crippen molar-refractivity contribution in [1.82, 2.24) is 0 Å². The van der Waals surface area contributed by atoms with E-state index >= 15 is 0 Å². The summed E-state index contributed by atoms with van der Waals surface area (Å²) < 4.78 is 16.3. The molecule has 0 radical (unpaired) electrons. The summed E-state index contributed by atoms with van der Waals surface area (Å²) in [5, 5.41) is 0.757. The van der Waals surface area contributed by atoms with E-state index in [0.29, 0.717) is 12.4 Å². The number of benzene rings is 1. The third kappa shape index (κ3) is 5.64. The van der Waals surface area contributed by atoms with Gasteiger partial charge in [0, 0.05) is 34.4 Å². The topological polar surface area (TPSA) is 26.3 Å². The average molecular weight is 261 g/mol. The van der Waals surface area contributed by atoms with Crippen LogP contribution in [-0.4, -0.2) is 29.4 Å². The molecule has 0 aliphatic heterocycles. The Hall–Kier alpha value is -0.380. The molecule has 0 spiro atoms. The summed E-state index contributed by atoms with van der Waals surface area (Å²) in [5.74, 6) is 1.38. The number of ether oxygens (including phenoxy) is 1. The van der Waals surface area contributed by atoms with Crippen molar-refractivity contribution in [3.8, 4) is 0 Å². The second kappa shape index (κ2) is 7.82. The molecule has 0 bridgehead atoms. The predicted octanol–water partition coefficient (Wildman–Crippen LogP) is 2.67. The van der Waals surface area contributed by atoms with Crippen LogP contribution in [0.25, 0.3) is 0 Å². The first-order chi connectivity index (χ1) is 7.72. The van der Waals surface area contributed by atoms with Gasteiger partial charge in [0.1, 0.15) is 0 Å². The van der Waals surface area contributed by atoms with Gasteiger partial charge in [-0.15, -0.1) is 0 Å². The Morgan fingerprint density at radius 2 is 1.94 bits per heavy atom. The fourth-order valence-corrected chi connectivity index (χ4v) is 2.52. The second-order valence-corrected chi connectivity index (χ2v) is 5.70. The van der Waals surface area contributed by atoms with Gasteiger partial charge in [0.05, 0.1) is 6.61 Å². The molecule has 0 aliphatic rings. The Labute approximate surface area is 104 Å². The lowest BCUT2D eigenvalue weighted by atomic mass is 10.1. The maximum absolute atomic E-state index is 11.5. The van der Waals surface area contributed by atoms with Crippen molar-refractivity contribution in [2.24, 2.45) is 0 Å². The van der Waals surface area contributed by atoms with E-state index in [1.54, 1.807) is 7.11 Å². The quantitative estimate of drug-likeness (QED) is 0.754. The summed E-state index contributed by atoms with van der Waals surface area (Å²) in [6.45, 7) is 0.577. The number of aryl methyl sites for hydroxylation is 1. The maximum Gasteiger partial charge on any atom is 0.0577 e. The molecule has 0 heterocycles.